The molecule has 0 aromatic heterocycles. The first-order valence-electron chi connectivity index (χ1n) is 9.44. The minimum absolute atomic E-state index is 0.174. The van der Waals surface area contributed by atoms with Crippen LogP contribution in [0.2, 0.25) is 0 Å². The molecular weight excluding hydrogens is 401 g/mol. The summed E-state index contributed by atoms with van der Waals surface area (Å²) >= 11 is 0. The van der Waals surface area contributed by atoms with Gasteiger partial charge in [-0.25, -0.2) is 17.5 Å². The summed E-state index contributed by atoms with van der Waals surface area (Å²) in [6.45, 7) is 0.502. The quantitative estimate of drug-likeness (QED) is 0.455. The van der Waals surface area contributed by atoms with Crippen molar-refractivity contribution >= 4 is 20.8 Å². The van der Waals surface area contributed by atoms with Crippen LogP contribution in [-0.2, 0) is 23.2 Å². The minimum atomic E-state index is -3.62. The Bertz CT molecular complexity index is 1250. The lowest BCUT2D eigenvalue weighted by molar-refractivity contribution is 0.306. The number of hydrogen-bond acceptors (Lipinski definition) is 3. The highest BCUT2D eigenvalue weighted by molar-refractivity contribution is 7.89. The molecule has 0 saturated carbocycles. The van der Waals surface area contributed by atoms with Gasteiger partial charge in [0.05, 0.1) is 4.90 Å². The van der Waals surface area contributed by atoms with Crippen LogP contribution in [0.5, 0.6) is 5.75 Å². The van der Waals surface area contributed by atoms with E-state index in [2.05, 4.69) is 4.72 Å². The molecule has 30 heavy (non-hydrogen) atoms. The summed E-state index contributed by atoms with van der Waals surface area (Å²) < 4.78 is 46.5. The van der Waals surface area contributed by atoms with Gasteiger partial charge in [0.1, 0.15) is 18.2 Å². The van der Waals surface area contributed by atoms with E-state index in [1.807, 2.05) is 36.4 Å². The molecule has 4 nitrogen and oxygen atoms in total. The second-order valence-electron chi connectivity index (χ2n) is 6.89. The van der Waals surface area contributed by atoms with E-state index in [0.717, 1.165) is 21.9 Å². The Hall–Kier alpha value is -3.22. The third kappa shape index (κ3) is 4.84. The highest BCUT2D eigenvalue weighted by Gasteiger charge is 2.14. The second-order valence-corrected chi connectivity index (χ2v) is 8.66. The number of fused-ring (bicyclic) bond motifs is 1. The van der Waals surface area contributed by atoms with E-state index in [9.17, 15) is 12.8 Å². The smallest absolute Gasteiger partial charge is 0.240 e. The SMILES string of the molecule is O=S(=O)(NCc1ccc(OCc2ccc(F)cc2)cc1)c1ccc2ccccc2c1. The van der Waals surface area contributed by atoms with Crippen LogP contribution >= 0.6 is 0 Å². The number of hydrogen-bond donors (Lipinski definition) is 1. The number of ether oxygens (including phenoxy) is 1. The van der Waals surface area contributed by atoms with Gasteiger partial charge >= 0.3 is 0 Å². The molecule has 0 unspecified atom stereocenters. The number of sulfonamides is 1. The summed E-state index contributed by atoms with van der Waals surface area (Å²) in [4.78, 5) is 0.237. The number of benzene rings is 4. The van der Waals surface area contributed by atoms with E-state index < -0.39 is 10.0 Å². The van der Waals surface area contributed by atoms with Crippen LogP contribution in [0.1, 0.15) is 11.1 Å². The number of rotatable bonds is 7. The molecule has 0 radical (unpaired) electrons. The summed E-state index contributed by atoms with van der Waals surface area (Å²) in [5, 5.41) is 1.87. The molecule has 0 aliphatic rings. The van der Waals surface area contributed by atoms with Crippen LogP contribution in [0.25, 0.3) is 10.8 Å². The van der Waals surface area contributed by atoms with Gasteiger partial charge in [-0.1, -0.05) is 54.6 Å². The van der Waals surface area contributed by atoms with E-state index in [0.29, 0.717) is 12.4 Å². The van der Waals surface area contributed by atoms with Crippen LogP contribution < -0.4 is 9.46 Å². The highest BCUT2D eigenvalue weighted by atomic mass is 32.2. The van der Waals surface area contributed by atoms with Gasteiger partial charge in [0.2, 0.25) is 10.0 Å². The van der Waals surface area contributed by atoms with Crippen molar-refractivity contribution < 1.29 is 17.5 Å². The maximum atomic E-state index is 12.9. The standard InChI is InChI=1S/C24H20FNO3S/c25-22-10-5-19(6-11-22)17-29-23-12-7-18(8-13-23)16-26-30(27,28)24-14-9-20-3-1-2-4-21(20)15-24/h1-15,26H,16-17H2. The predicted molar refractivity (Wildman–Crippen MR) is 115 cm³/mol. The average molecular weight is 421 g/mol. The average Bonchev–Trinajstić information content (AvgIpc) is 2.78. The van der Waals surface area contributed by atoms with Crippen LogP contribution in [-0.4, -0.2) is 8.42 Å². The molecule has 0 aliphatic carbocycles. The largest absolute Gasteiger partial charge is 0.489 e. The van der Waals surface area contributed by atoms with Crippen molar-refractivity contribution in [2.75, 3.05) is 0 Å². The Morgan fingerprint density at radius 3 is 2.17 bits per heavy atom. The summed E-state index contributed by atoms with van der Waals surface area (Å²) in [7, 11) is -3.62. The summed E-state index contributed by atoms with van der Waals surface area (Å²) in [6.07, 6.45) is 0. The second kappa shape index (κ2) is 8.65. The van der Waals surface area contributed by atoms with Crippen LogP contribution in [0.3, 0.4) is 0 Å². The fraction of sp³-hybridized carbons (Fsp3) is 0.0833. The fourth-order valence-corrected chi connectivity index (χ4v) is 4.10. The molecule has 4 aromatic carbocycles. The first-order chi connectivity index (χ1) is 14.5. The Kier molecular flexibility index (Phi) is 5.79. The van der Waals surface area contributed by atoms with Gasteiger partial charge in [0.25, 0.3) is 0 Å². The molecule has 0 saturated heterocycles. The summed E-state index contributed by atoms with van der Waals surface area (Å²) in [6, 6.07) is 26.0. The first kappa shape index (κ1) is 20.1. The monoisotopic (exact) mass is 421 g/mol. The van der Waals surface area contributed by atoms with Crippen molar-refractivity contribution in [1.82, 2.24) is 4.72 Å². The zero-order valence-corrected chi connectivity index (χ0v) is 16.9. The van der Waals surface area contributed by atoms with Gasteiger partial charge in [0.15, 0.2) is 0 Å². The van der Waals surface area contributed by atoms with E-state index in [-0.39, 0.29) is 17.3 Å². The highest BCUT2D eigenvalue weighted by Crippen LogP contribution is 2.20. The Labute approximate surface area is 175 Å². The van der Waals surface area contributed by atoms with Gasteiger partial charge in [-0.15, -0.1) is 0 Å². The third-order valence-corrected chi connectivity index (χ3v) is 6.14. The Morgan fingerprint density at radius 2 is 1.43 bits per heavy atom. The molecule has 6 heteroatoms. The molecule has 152 valence electrons. The van der Waals surface area contributed by atoms with Gasteiger partial charge in [-0.3, -0.25) is 0 Å². The normalized spacial score (nSPS) is 11.5. The van der Waals surface area contributed by atoms with E-state index in [1.54, 1.807) is 42.5 Å². The Morgan fingerprint density at radius 1 is 0.767 bits per heavy atom. The van der Waals surface area contributed by atoms with E-state index in [4.69, 9.17) is 4.74 Å². The van der Waals surface area contributed by atoms with Gasteiger partial charge in [0, 0.05) is 6.54 Å². The number of nitrogens with one attached hydrogen (secondary N) is 1. The maximum absolute atomic E-state index is 12.9. The molecule has 4 rings (SSSR count). The van der Waals surface area contributed by atoms with Crippen molar-refractivity contribution in [3.8, 4) is 5.75 Å². The zero-order chi connectivity index (χ0) is 21.0. The van der Waals surface area contributed by atoms with Crippen LogP contribution in [0, 0.1) is 5.82 Å². The molecule has 0 spiro atoms. The van der Waals surface area contributed by atoms with Crippen molar-refractivity contribution in [3.63, 3.8) is 0 Å². The topological polar surface area (TPSA) is 55.4 Å². The first-order valence-corrected chi connectivity index (χ1v) is 10.9. The van der Waals surface area contributed by atoms with Crippen LogP contribution in [0.15, 0.2) is 95.9 Å². The van der Waals surface area contributed by atoms with Crippen LogP contribution in [0.4, 0.5) is 4.39 Å². The molecule has 0 amide bonds. The lowest BCUT2D eigenvalue weighted by atomic mass is 10.1. The lowest BCUT2D eigenvalue weighted by Crippen LogP contribution is -2.23. The molecule has 0 heterocycles. The minimum Gasteiger partial charge on any atom is -0.489 e. The fourth-order valence-electron chi connectivity index (χ4n) is 3.05. The molecule has 4 aromatic rings. The molecular formula is C24H20FNO3S. The third-order valence-electron chi connectivity index (χ3n) is 4.74. The molecule has 0 bridgehead atoms. The predicted octanol–water partition coefficient (Wildman–Crippen LogP) is 5.04. The molecule has 1 N–H and O–H groups in total. The van der Waals surface area contributed by atoms with E-state index >= 15 is 0 Å². The maximum Gasteiger partial charge on any atom is 0.240 e. The summed E-state index contributed by atoms with van der Waals surface area (Å²) in [5.41, 5.74) is 1.68. The zero-order valence-electron chi connectivity index (χ0n) is 16.1. The van der Waals surface area contributed by atoms with Gasteiger partial charge < -0.3 is 4.74 Å². The molecule has 0 fully saturated rings. The molecule has 0 aliphatic heterocycles. The lowest BCUT2D eigenvalue weighted by Gasteiger charge is -2.10. The van der Waals surface area contributed by atoms with Crippen molar-refractivity contribution in [2.24, 2.45) is 0 Å². The van der Waals surface area contributed by atoms with Crippen molar-refractivity contribution in [3.05, 3.63) is 108 Å². The van der Waals surface area contributed by atoms with Crippen molar-refractivity contribution in [2.45, 2.75) is 18.0 Å². The van der Waals surface area contributed by atoms with Gasteiger partial charge in [-0.2, -0.15) is 0 Å². The molecule has 0 atom stereocenters. The number of halogens is 1. The van der Waals surface area contributed by atoms with E-state index in [1.165, 1.54) is 12.1 Å². The van der Waals surface area contributed by atoms with Gasteiger partial charge in [-0.05, 0) is 58.3 Å². The van der Waals surface area contributed by atoms with Crippen molar-refractivity contribution in [1.29, 1.82) is 0 Å². The summed E-state index contributed by atoms with van der Waals surface area (Å²) in [5.74, 6) is 0.370. The Balaban J connectivity index is 1.37.